The third-order valence-corrected chi connectivity index (χ3v) is 3.73. The second-order valence-electron chi connectivity index (χ2n) is 5.10. The van der Waals surface area contributed by atoms with Gasteiger partial charge in [0.25, 0.3) is 0 Å². The third kappa shape index (κ3) is 2.45. The number of aromatic nitrogens is 4. The fourth-order valence-corrected chi connectivity index (χ4v) is 2.55. The van der Waals surface area contributed by atoms with Crippen molar-refractivity contribution in [2.45, 2.75) is 46.1 Å². The summed E-state index contributed by atoms with van der Waals surface area (Å²) in [5.74, 6) is 1.93. The van der Waals surface area contributed by atoms with E-state index in [1.54, 1.807) is 6.33 Å². The molecule has 0 fully saturated rings. The van der Waals surface area contributed by atoms with Crippen molar-refractivity contribution in [1.29, 1.82) is 0 Å². The predicted octanol–water partition coefficient (Wildman–Crippen LogP) is 2.31. The van der Waals surface area contributed by atoms with Gasteiger partial charge in [0.05, 0.1) is 12.2 Å². The van der Waals surface area contributed by atoms with E-state index in [1.165, 1.54) is 24.1 Å². The number of imidazole rings is 1. The highest BCUT2D eigenvalue weighted by Crippen LogP contribution is 2.24. The molecule has 1 aliphatic carbocycles. The molecule has 0 amide bonds. The average molecular weight is 257 g/mol. The molecule has 5 heteroatoms. The van der Waals surface area contributed by atoms with Gasteiger partial charge in [-0.25, -0.2) is 15.0 Å². The first-order valence-electron chi connectivity index (χ1n) is 6.83. The molecular weight excluding hydrogens is 238 g/mol. The van der Waals surface area contributed by atoms with Crippen molar-refractivity contribution in [2.75, 3.05) is 5.32 Å². The van der Waals surface area contributed by atoms with Gasteiger partial charge in [-0.1, -0.05) is 0 Å². The number of nitrogens with zero attached hydrogens (tertiary/aromatic N) is 3. The molecule has 0 atom stereocenters. The zero-order valence-corrected chi connectivity index (χ0v) is 11.5. The Labute approximate surface area is 112 Å². The van der Waals surface area contributed by atoms with Crippen molar-refractivity contribution < 1.29 is 0 Å². The van der Waals surface area contributed by atoms with E-state index in [-0.39, 0.29) is 0 Å². The van der Waals surface area contributed by atoms with Crippen LogP contribution in [0.1, 0.15) is 41.3 Å². The smallest absolute Gasteiger partial charge is 0.133 e. The van der Waals surface area contributed by atoms with Crippen molar-refractivity contribution in [3.8, 4) is 0 Å². The SMILES string of the molecule is Cc1nc(CNc2ncnc3c2CCCC3)[nH]c1C. The number of aromatic amines is 1. The number of H-pyrrole nitrogens is 1. The van der Waals surface area contributed by atoms with Crippen molar-refractivity contribution >= 4 is 5.82 Å². The summed E-state index contributed by atoms with van der Waals surface area (Å²) in [4.78, 5) is 16.5. The lowest BCUT2D eigenvalue weighted by Crippen LogP contribution is -2.12. The van der Waals surface area contributed by atoms with E-state index in [9.17, 15) is 0 Å². The standard InChI is InChI=1S/C14H19N5/c1-9-10(2)19-13(18-9)7-15-14-11-5-3-4-6-12(11)16-8-17-14/h8H,3-7H2,1-2H3,(H,18,19)(H,15,16,17). The van der Waals surface area contributed by atoms with E-state index in [1.807, 2.05) is 13.8 Å². The van der Waals surface area contributed by atoms with E-state index >= 15 is 0 Å². The first-order valence-corrected chi connectivity index (χ1v) is 6.83. The van der Waals surface area contributed by atoms with Crippen LogP contribution in [-0.4, -0.2) is 19.9 Å². The molecule has 0 saturated heterocycles. The van der Waals surface area contributed by atoms with Crippen LogP contribution in [0, 0.1) is 13.8 Å². The van der Waals surface area contributed by atoms with Crippen LogP contribution in [0.2, 0.25) is 0 Å². The van der Waals surface area contributed by atoms with Crippen LogP contribution in [0.25, 0.3) is 0 Å². The Kier molecular flexibility index (Phi) is 3.19. The van der Waals surface area contributed by atoms with Crippen LogP contribution in [0.3, 0.4) is 0 Å². The average Bonchev–Trinajstić information content (AvgIpc) is 2.75. The summed E-state index contributed by atoms with van der Waals surface area (Å²) < 4.78 is 0. The molecule has 5 nitrogen and oxygen atoms in total. The largest absolute Gasteiger partial charge is 0.363 e. The van der Waals surface area contributed by atoms with Crippen LogP contribution >= 0.6 is 0 Å². The Morgan fingerprint density at radius 2 is 2.05 bits per heavy atom. The fraction of sp³-hybridized carbons (Fsp3) is 0.500. The number of nitrogens with one attached hydrogen (secondary N) is 2. The summed E-state index contributed by atoms with van der Waals surface area (Å²) in [5.41, 5.74) is 4.67. The van der Waals surface area contributed by atoms with Gasteiger partial charge in [0.1, 0.15) is 18.0 Å². The number of hydrogen-bond donors (Lipinski definition) is 2. The van der Waals surface area contributed by atoms with Crippen LogP contribution in [-0.2, 0) is 19.4 Å². The maximum absolute atomic E-state index is 4.48. The molecule has 2 heterocycles. The third-order valence-electron chi connectivity index (χ3n) is 3.73. The summed E-state index contributed by atoms with van der Waals surface area (Å²) in [7, 11) is 0. The number of hydrogen-bond acceptors (Lipinski definition) is 4. The number of aryl methyl sites for hydroxylation is 3. The monoisotopic (exact) mass is 257 g/mol. The lowest BCUT2D eigenvalue weighted by atomic mass is 9.96. The molecule has 1 aliphatic rings. The molecule has 0 radical (unpaired) electrons. The molecule has 2 N–H and O–H groups in total. The van der Waals surface area contributed by atoms with Crippen molar-refractivity contribution in [3.05, 3.63) is 34.8 Å². The first kappa shape index (κ1) is 12.1. The molecule has 2 aromatic rings. The van der Waals surface area contributed by atoms with Gasteiger partial charge in [0, 0.05) is 17.0 Å². The Morgan fingerprint density at radius 3 is 2.84 bits per heavy atom. The zero-order chi connectivity index (χ0) is 13.2. The Hall–Kier alpha value is -1.91. The second kappa shape index (κ2) is 4.99. The van der Waals surface area contributed by atoms with Gasteiger partial charge in [-0.2, -0.15) is 0 Å². The highest BCUT2D eigenvalue weighted by atomic mass is 15.1. The maximum atomic E-state index is 4.48. The van der Waals surface area contributed by atoms with Gasteiger partial charge < -0.3 is 10.3 Å². The lowest BCUT2D eigenvalue weighted by Gasteiger charge is -2.17. The molecule has 0 unspecified atom stereocenters. The zero-order valence-electron chi connectivity index (χ0n) is 11.5. The minimum atomic E-state index is 0.679. The van der Waals surface area contributed by atoms with E-state index in [0.29, 0.717) is 6.54 Å². The highest BCUT2D eigenvalue weighted by molar-refractivity contribution is 5.47. The van der Waals surface area contributed by atoms with Gasteiger partial charge in [-0.15, -0.1) is 0 Å². The molecule has 0 bridgehead atoms. The van der Waals surface area contributed by atoms with E-state index in [2.05, 4.69) is 25.3 Å². The molecule has 0 saturated carbocycles. The molecule has 0 aromatic carbocycles. The summed E-state index contributed by atoms with van der Waals surface area (Å²) in [6, 6.07) is 0. The fourth-order valence-electron chi connectivity index (χ4n) is 2.55. The summed E-state index contributed by atoms with van der Waals surface area (Å²) >= 11 is 0. The summed E-state index contributed by atoms with van der Waals surface area (Å²) in [6.07, 6.45) is 6.28. The molecule has 2 aromatic heterocycles. The molecule has 100 valence electrons. The normalized spacial score (nSPS) is 14.2. The van der Waals surface area contributed by atoms with Gasteiger partial charge >= 0.3 is 0 Å². The van der Waals surface area contributed by atoms with Gasteiger partial charge in [-0.05, 0) is 39.5 Å². The van der Waals surface area contributed by atoms with Crippen molar-refractivity contribution in [1.82, 2.24) is 19.9 Å². The minimum Gasteiger partial charge on any atom is -0.363 e. The summed E-state index contributed by atoms with van der Waals surface area (Å²) in [5, 5.41) is 3.38. The van der Waals surface area contributed by atoms with Crippen LogP contribution in [0.4, 0.5) is 5.82 Å². The lowest BCUT2D eigenvalue weighted by molar-refractivity contribution is 0.663. The number of fused-ring (bicyclic) bond motifs is 1. The molecule has 19 heavy (non-hydrogen) atoms. The maximum Gasteiger partial charge on any atom is 0.133 e. The van der Waals surface area contributed by atoms with Crippen LogP contribution in [0.5, 0.6) is 0 Å². The van der Waals surface area contributed by atoms with Crippen LogP contribution in [0.15, 0.2) is 6.33 Å². The number of anilines is 1. The molecule has 0 spiro atoms. The van der Waals surface area contributed by atoms with Gasteiger partial charge in [0.15, 0.2) is 0 Å². The van der Waals surface area contributed by atoms with Gasteiger partial charge in [0.2, 0.25) is 0 Å². The first-order chi connectivity index (χ1) is 9.24. The Balaban J connectivity index is 1.76. The second-order valence-corrected chi connectivity index (χ2v) is 5.10. The van der Waals surface area contributed by atoms with Crippen molar-refractivity contribution in [3.63, 3.8) is 0 Å². The molecule has 3 rings (SSSR count). The molecule has 0 aliphatic heterocycles. The quantitative estimate of drug-likeness (QED) is 0.885. The van der Waals surface area contributed by atoms with Crippen LogP contribution < -0.4 is 5.32 Å². The highest BCUT2D eigenvalue weighted by Gasteiger charge is 2.15. The molecular formula is C14H19N5. The van der Waals surface area contributed by atoms with E-state index in [0.717, 1.165) is 35.9 Å². The van der Waals surface area contributed by atoms with E-state index < -0.39 is 0 Å². The Bertz CT molecular complexity index is 568. The summed E-state index contributed by atoms with van der Waals surface area (Å²) in [6.45, 7) is 4.73. The number of rotatable bonds is 3. The van der Waals surface area contributed by atoms with Gasteiger partial charge in [-0.3, -0.25) is 0 Å². The topological polar surface area (TPSA) is 66.5 Å². The van der Waals surface area contributed by atoms with Crippen molar-refractivity contribution in [2.24, 2.45) is 0 Å². The van der Waals surface area contributed by atoms with E-state index in [4.69, 9.17) is 0 Å². The predicted molar refractivity (Wildman–Crippen MR) is 74.1 cm³/mol. The minimum absolute atomic E-state index is 0.679. The Morgan fingerprint density at radius 1 is 1.21 bits per heavy atom.